The number of hydrogen-bond acceptors (Lipinski definition) is 4. The molecule has 4 heteroatoms. The molecular weight excluding hydrogens is 476 g/mol. The van der Waals surface area contributed by atoms with Crippen LogP contribution in [0.1, 0.15) is 120 Å². The largest absolute Gasteiger partial charge is 0.303 e. The summed E-state index contributed by atoms with van der Waals surface area (Å²) < 4.78 is 0. The van der Waals surface area contributed by atoms with E-state index in [0.717, 1.165) is 23.8 Å². The predicted octanol–water partition coefficient (Wildman–Crippen LogP) is 7.24. The van der Waals surface area contributed by atoms with E-state index in [1.54, 1.807) is 0 Å². The van der Waals surface area contributed by atoms with Crippen LogP contribution in [0.2, 0.25) is 0 Å². The normalized spacial score (nSPS) is 28.9. The molecule has 0 bridgehead atoms. The molecule has 4 saturated heterocycles. The first-order valence-corrected chi connectivity index (χ1v) is 17.3. The molecule has 0 amide bonds. The Morgan fingerprint density at radius 1 is 0.590 bits per heavy atom. The predicted molar refractivity (Wildman–Crippen MR) is 169 cm³/mol. The second kappa shape index (κ2) is 13.4. The van der Waals surface area contributed by atoms with Crippen LogP contribution in [0, 0.1) is 28.6 Å². The molecule has 0 aromatic carbocycles. The Morgan fingerprint density at radius 3 is 1.62 bits per heavy atom. The first-order valence-electron chi connectivity index (χ1n) is 17.3. The smallest absolute Gasteiger partial charge is 0.0223 e. The molecule has 4 nitrogen and oxygen atoms in total. The van der Waals surface area contributed by atoms with Gasteiger partial charge in [-0.2, -0.15) is 0 Å². The molecule has 0 aliphatic carbocycles. The van der Waals surface area contributed by atoms with Crippen molar-refractivity contribution in [2.75, 3.05) is 65.4 Å². The van der Waals surface area contributed by atoms with Crippen molar-refractivity contribution in [3.8, 4) is 0 Å². The molecule has 0 aromatic rings. The van der Waals surface area contributed by atoms with Gasteiger partial charge in [-0.15, -0.1) is 0 Å². The maximum atomic E-state index is 2.83. The Bertz CT molecular complexity index is 723. The van der Waals surface area contributed by atoms with E-state index in [1.165, 1.54) is 130 Å². The molecular formula is C35H68N4. The SMILES string of the molecule is CCN1CCC[C@@H]1CN1CCC(C(C)(C)CCC(C)(C)C2CCN(C[C@@H]3CCCN(C(C)(C)C)C3)CC2)CC1. The number of hydrogen-bond donors (Lipinski definition) is 0. The van der Waals surface area contributed by atoms with Gasteiger partial charge in [-0.1, -0.05) is 34.6 Å². The van der Waals surface area contributed by atoms with E-state index in [2.05, 4.69) is 75.0 Å². The minimum atomic E-state index is 0.326. The van der Waals surface area contributed by atoms with Crippen LogP contribution in [0.5, 0.6) is 0 Å². The van der Waals surface area contributed by atoms with Gasteiger partial charge < -0.3 is 9.80 Å². The van der Waals surface area contributed by atoms with Gasteiger partial charge in [0.05, 0.1) is 0 Å². The summed E-state index contributed by atoms with van der Waals surface area (Å²) in [5.41, 5.74) is 1.28. The van der Waals surface area contributed by atoms with E-state index in [0.29, 0.717) is 16.4 Å². The zero-order chi connectivity index (χ0) is 28.3. The van der Waals surface area contributed by atoms with Gasteiger partial charge in [0.1, 0.15) is 0 Å². The summed E-state index contributed by atoms with van der Waals surface area (Å²) in [5.74, 6) is 2.68. The third-order valence-electron chi connectivity index (χ3n) is 12.2. The number of nitrogens with zero attached hydrogens (tertiary/aromatic N) is 4. The monoisotopic (exact) mass is 545 g/mol. The average molecular weight is 545 g/mol. The van der Waals surface area contributed by atoms with Gasteiger partial charge in [-0.05, 0) is 159 Å². The van der Waals surface area contributed by atoms with Gasteiger partial charge in [0.15, 0.2) is 0 Å². The Hall–Kier alpha value is -0.160. The minimum Gasteiger partial charge on any atom is -0.303 e. The fraction of sp³-hybridized carbons (Fsp3) is 1.00. The number of likely N-dealkylation sites (N-methyl/N-ethyl adjacent to an activating group) is 1. The Morgan fingerprint density at radius 2 is 1.10 bits per heavy atom. The molecule has 4 aliphatic rings. The fourth-order valence-electron chi connectivity index (χ4n) is 8.85. The van der Waals surface area contributed by atoms with E-state index in [1.807, 2.05) is 0 Å². The third kappa shape index (κ3) is 8.68. The molecule has 0 unspecified atom stereocenters. The van der Waals surface area contributed by atoms with Crippen molar-refractivity contribution in [3.05, 3.63) is 0 Å². The quantitative estimate of drug-likeness (QED) is 0.287. The lowest BCUT2D eigenvalue weighted by molar-refractivity contribution is 0.0344. The van der Waals surface area contributed by atoms with Gasteiger partial charge in [0.25, 0.3) is 0 Å². The molecule has 228 valence electrons. The lowest BCUT2D eigenvalue weighted by Gasteiger charge is -2.46. The van der Waals surface area contributed by atoms with Crippen LogP contribution in [0.3, 0.4) is 0 Å². The number of rotatable bonds is 10. The van der Waals surface area contributed by atoms with Crippen molar-refractivity contribution in [1.82, 2.24) is 19.6 Å². The van der Waals surface area contributed by atoms with Crippen LogP contribution in [-0.2, 0) is 0 Å². The lowest BCUT2D eigenvalue weighted by Crippen LogP contribution is -2.50. The Labute approximate surface area is 244 Å². The molecule has 0 radical (unpaired) electrons. The molecule has 0 spiro atoms. The summed E-state index contributed by atoms with van der Waals surface area (Å²) in [6.45, 7) is 33.1. The van der Waals surface area contributed by atoms with Gasteiger partial charge in [0.2, 0.25) is 0 Å². The van der Waals surface area contributed by atoms with Gasteiger partial charge in [-0.3, -0.25) is 9.80 Å². The molecule has 4 fully saturated rings. The molecule has 4 heterocycles. The van der Waals surface area contributed by atoms with Crippen LogP contribution in [-0.4, -0.2) is 96.6 Å². The van der Waals surface area contributed by atoms with E-state index in [4.69, 9.17) is 0 Å². The highest BCUT2D eigenvalue weighted by molar-refractivity contribution is 4.91. The average Bonchev–Trinajstić information content (AvgIpc) is 3.35. The van der Waals surface area contributed by atoms with Gasteiger partial charge >= 0.3 is 0 Å². The van der Waals surface area contributed by atoms with Crippen molar-refractivity contribution in [3.63, 3.8) is 0 Å². The summed E-state index contributed by atoms with van der Waals surface area (Å²) >= 11 is 0. The lowest BCUT2D eigenvalue weighted by atomic mass is 9.65. The highest BCUT2D eigenvalue weighted by Crippen LogP contribution is 2.45. The van der Waals surface area contributed by atoms with E-state index >= 15 is 0 Å². The van der Waals surface area contributed by atoms with Crippen molar-refractivity contribution >= 4 is 0 Å². The van der Waals surface area contributed by atoms with E-state index in [-0.39, 0.29) is 0 Å². The van der Waals surface area contributed by atoms with E-state index in [9.17, 15) is 0 Å². The molecule has 2 atom stereocenters. The van der Waals surface area contributed by atoms with Crippen LogP contribution in [0.4, 0.5) is 0 Å². The maximum Gasteiger partial charge on any atom is 0.0223 e. The standard InChI is InChI=1S/C35H68N4/c1-9-38-20-11-13-32(38)28-37-24-16-31(17-25-37)35(7,8)19-18-34(5,6)30-14-22-36(23-15-30)26-29-12-10-21-39(27-29)33(2,3)4/h29-32H,9-28H2,1-8H3/t29-,32+/m0/s1. The fourth-order valence-corrected chi connectivity index (χ4v) is 8.85. The molecule has 0 saturated carbocycles. The highest BCUT2D eigenvalue weighted by Gasteiger charge is 2.38. The van der Waals surface area contributed by atoms with Gasteiger partial charge in [-0.25, -0.2) is 0 Å². The Kier molecular flexibility index (Phi) is 10.9. The third-order valence-corrected chi connectivity index (χ3v) is 12.2. The van der Waals surface area contributed by atoms with Crippen molar-refractivity contribution in [2.24, 2.45) is 28.6 Å². The topological polar surface area (TPSA) is 13.0 Å². The summed E-state index contributed by atoms with van der Waals surface area (Å²) in [6, 6.07) is 0.827. The summed E-state index contributed by atoms with van der Waals surface area (Å²) in [6.07, 6.45) is 14.1. The summed E-state index contributed by atoms with van der Waals surface area (Å²) in [4.78, 5) is 11.1. The van der Waals surface area contributed by atoms with Crippen LogP contribution in [0.25, 0.3) is 0 Å². The van der Waals surface area contributed by atoms with Crippen LogP contribution in [0.15, 0.2) is 0 Å². The molecule has 39 heavy (non-hydrogen) atoms. The first kappa shape index (κ1) is 31.8. The Balaban J connectivity index is 1.17. The molecule has 0 N–H and O–H groups in total. The number of piperidine rings is 3. The van der Waals surface area contributed by atoms with Crippen LogP contribution < -0.4 is 0 Å². The zero-order valence-electron chi connectivity index (χ0n) is 27.7. The minimum absolute atomic E-state index is 0.326. The zero-order valence-corrected chi connectivity index (χ0v) is 27.7. The first-order chi connectivity index (χ1) is 18.4. The van der Waals surface area contributed by atoms with E-state index < -0.39 is 0 Å². The second-order valence-electron chi connectivity index (χ2n) is 16.7. The number of likely N-dealkylation sites (tertiary alicyclic amines) is 4. The van der Waals surface area contributed by atoms with Crippen LogP contribution >= 0.6 is 0 Å². The van der Waals surface area contributed by atoms with Crippen molar-refractivity contribution < 1.29 is 0 Å². The molecule has 4 rings (SSSR count). The summed E-state index contributed by atoms with van der Waals surface area (Å²) in [5, 5.41) is 0. The molecule has 0 aromatic heterocycles. The van der Waals surface area contributed by atoms with Crippen molar-refractivity contribution in [2.45, 2.75) is 131 Å². The maximum absolute atomic E-state index is 2.83. The highest BCUT2D eigenvalue weighted by atomic mass is 15.2. The van der Waals surface area contributed by atoms with Gasteiger partial charge in [0, 0.05) is 31.2 Å². The second-order valence-corrected chi connectivity index (χ2v) is 16.7. The summed E-state index contributed by atoms with van der Waals surface area (Å²) in [7, 11) is 0. The molecule has 4 aliphatic heterocycles. The van der Waals surface area contributed by atoms with Crippen molar-refractivity contribution in [1.29, 1.82) is 0 Å².